The van der Waals surface area contributed by atoms with E-state index in [1.165, 1.54) is 0 Å². The number of hydrogen-bond acceptors (Lipinski definition) is 3. The molecule has 2 aromatic rings. The van der Waals surface area contributed by atoms with Crippen LogP contribution in [0.5, 0.6) is 0 Å². The minimum absolute atomic E-state index is 0.0218. The van der Waals surface area contributed by atoms with Gasteiger partial charge in [-0.25, -0.2) is 0 Å². The number of nitrogens with one attached hydrogen (secondary N) is 2. The predicted molar refractivity (Wildman–Crippen MR) is 98.2 cm³/mol. The van der Waals surface area contributed by atoms with E-state index in [2.05, 4.69) is 22.8 Å². The highest BCUT2D eigenvalue weighted by molar-refractivity contribution is 7.10. The van der Waals surface area contributed by atoms with E-state index in [0.29, 0.717) is 30.1 Å². The largest absolute Gasteiger partial charge is 0.324 e. The van der Waals surface area contributed by atoms with Crippen molar-refractivity contribution >= 4 is 34.5 Å². The average Bonchev–Trinajstić information content (AvgIpc) is 3.23. The van der Waals surface area contributed by atoms with Crippen molar-refractivity contribution < 1.29 is 9.59 Å². The maximum absolute atomic E-state index is 12.2. The third-order valence-corrected chi connectivity index (χ3v) is 4.83. The minimum Gasteiger partial charge on any atom is -0.324 e. The first-order chi connectivity index (χ1) is 11.7. The zero-order chi connectivity index (χ0) is 16.8. The van der Waals surface area contributed by atoms with Crippen LogP contribution in [0.4, 0.5) is 11.4 Å². The van der Waals surface area contributed by atoms with Crippen LogP contribution >= 0.6 is 11.3 Å². The van der Waals surface area contributed by atoms with Gasteiger partial charge in [0.25, 0.3) is 0 Å². The quantitative estimate of drug-likeness (QED) is 0.773. The third kappa shape index (κ3) is 4.55. The third-order valence-electron chi connectivity index (χ3n) is 3.95. The van der Waals surface area contributed by atoms with E-state index in [0.717, 1.165) is 17.7 Å². The number of hydrogen-bond donors (Lipinski definition) is 2. The molecule has 1 atom stereocenters. The molecule has 0 fully saturated rings. The first-order valence-corrected chi connectivity index (χ1v) is 8.96. The van der Waals surface area contributed by atoms with Crippen LogP contribution in [0.15, 0.2) is 53.9 Å². The Labute approximate surface area is 145 Å². The summed E-state index contributed by atoms with van der Waals surface area (Å²) in [4.78, 5) is 25.4. The Balaban J connectivity index is 1.60. The average molecular weight is 340 g/mol. The van der Waals surface area contributed by atoms with Gasteiger partial charge in [0.2, 0.25) is 11.8 Å². The van der Waals surface area contributed by atoms with Crippen molar-refractivity contribution in [3.05, 3.63) is 58.8 Å². The normalized spacial score (nSPS) is 16.1. The second kappa shape index (κ2) is 7.93. The Kier molecular flexibility index (Phi) is 5.43. The molecule has 0 radical (unpaired) electrons. The molecule has 0 spiro atoms. The number of anilines is 2. The van der Waals surface area contributed by atoms with Crippen LogP contribution in [0.25, 0.3) is 0 Å². The van der Waals surface area contributed by atoms with Gasteiger partial charge in [0.05, 0.1) is 17.8 Å². The van der Waals surface area contributed by atoms with Crippen molar-refractivity contribution in [3.8, 4) is 0 Å². The molecule has 2 amide bonds. The summed E-state index contributed by atoms with van der Waals surface area (Å²) in [6.45, 7) is 0. The van der Waals surface area contributed by atoms with E-state index in [9.17, 15) is 9.59 Å². The number of allylic oxidation sites excluding steroid dienone is 2. The van der Waals surface area contributed by atoms with Crippen molar-refractivity contribution in [3.63, 3.8) is 0 Å². The Morgan fingerprint density at radius 3 is 2.42 bits per heavy atom. The van der Waals surface area contributed by atoms with Crippen LogP contribution in [0.2, 0.25) is 0 Å². The minimum atomic E-state index is -0.0853. The Morgan fingerprint density at radius 2 is 1.79 bits per heavy atom. The standard InChI is InChI=1S/C19H20N2O2S/c22-18(12-14-6-1-2-7-14)20-16-9-3-4-10-17(16)21-19(23)13-15-8-5-11-24-15/h1,3-6,8-11,14H,2,7,12-13H2,(H,20,22)(H,21,23). The second-order valence-corrected chi connectivity index (χ2v) is 6.90. The van der Waals surface area contributed by atoms with Crippen LogP contribution < -0.4 is 10.6 Å². The van der Waals surface area contributed by atoms with Crippen molar-refractivity contribution in [1.29, 1.82) is 0 Å². The molecule has 5 heteroatoms. The predicted octanol–water partition coefficient (Wildman–Crippen LogP) is 4.22. The van der Waals surface area contributed by atoms with E-state index in [4.69, 9.17) is 0 Å². The fourth-order valence-electron chi connectivity index (χ4n) is 2.77. The summed E-state index contributed by atoms with van der Waals surface area (Å²) in [7, 11) is 0. The second-order valence-electron chi connectivity index (χ2n) is 5.87. The van der Waals surface area contributed by atoms with Crippen molar-refractivity contribution in [2.24, 2.45) is 5.92 Å². The van der Waals surface area contributed by atoms with Gasteiger partial charge in [-0.2, -0.15) is 0 Å². The van der Waals surface area contributed by atoms with Crippen LogP contribution in [0.1, 0.15) is 24.1 Å². The van der Waals surface area contributed by atoms with E-state index in [1.807, 2.05) is 35.7 Å². The summed E-state index contributed by atoms with van der Waals surface area (Å²) in [5.41, 5.74) is 1.28. The maximum Gasteiger partial charge on any atom is 0.229 e. The van der Waals surface area contributed by atoms with Crippen molar-refractivity contribution in [2.75, 3.05) is 10.6 Å². The number of carbonyl (C=O) groups excluding carboxylic acids is 2. The number of para-hydroxylation sites is 2. The summed E-state index contributed by atoms with van der Waals surface area (Å²) in [6, 6.07) is 11.2. The maximum atomic E-state index is 12.2. The summed E-state index contributed by atoms with van der Waals surface area (Å²) in [5.74, 6) is 0.218. The highest BCUT2D eigenvalue weighted by Gasteiger charge is 2.15. The smallest absolute Gasteiger partial charge is 0.229 e. The number of carbonyl (C=O) groups is 2. The van der Waals surface area contributed by atoms with Gasteiger partial charge in [-0.05, 0) is 42.3 Å². The van der Waals surface area contributed by atoms with Crippen LogP contribution in [-0.4, -0.2) is 11.8 Å². The molecule has 124 valence electrons. The first kappa shape index (κ1) is 16.5. The van der Waals surface area contributed by atoms with Gasteiger partial charge in [-0.1, -0.05) is 30.4 Å². The molecule has 1 aliphatic carbocycles. The van der Waals surface area contributed by atoms with Crippen LogP contribution in [0.3, 0.4) is 0 Å². The van der Waals surface area contributed by atoms with Gasteiger partial charge in [0.15, 0.2) is 0 Å². The van der Waals surface area contributed by atoms with Gasteiger partial charge < -0.3 is 10.6 Å². The molecule has 24 heavy (non-hydrogen) atoms. The fraction of sp³-hybridized carbons (Fsp3) is 0.263. The van der Waals surface area contributed by atoms with Gasteiger partial charge in [-0.3, -0.25) is 9.59 Å². The van der Waals surface area contributed by atoms with Gasteiger partial charge in [0.1, 0.15) is 0 Å². The summed E-state index contributed by atoms with van der Waals surface area (Å²) in [6.07, 6.45) is 7.13. The topological polar surface area (TPSA) is 58.2 Å². The number of thiophene rings is 1. The number of amides is 2. The molecule has 4 nitrogen and oxygen atoms in total. The van der Waals surface area contributed by atoms with Gasteiger partial charge in [-0.15, -0.1) is 11.3 Å². The Bertz CT molecular complexity index is 738. The molecule has 0 saturated carbocycles. The lowest BCUT2D eigenvalue weighted by Gasteiger charge is -2.13. The Hall–Kier alpha value is -2.40. The zero-order valence-corrected chi connectivity index (χ0v) is 14.1. The molecule has 3 rings (SSSR count). The summed E-state index contributed by atoms with van der Waals surface area (Å²) in [5, 5.41) is 7.76. The summed E-state index contributed by atoms with van der Waals surface area (Å²) >= 11 is 1.56. The highest BCUT2D eigenvalue weighted by atomic mass is 32.1. The SMILES string of the molecule is O=C(Cc1cccs1)Nc1ccccc1NC(=O)CC1C=CCC1. The molecule has 1 aromatic carbocycles. The van der Waals surface area contributed by atoms with Crippen LogP contribution in [0, 0.1) is 5.92 Å². The lowest BCUT2D eigenvalue weighted by atomic mass is 10.0. The number of rotatable bonds is 6. The molecular weight excluding hydrogens is 320 g/mol. The molecular formula is C19H20N2O2S. The fourth-order valence-corrected chi connectivity index (χ4v) is 3.48. The monoisotopic (exact) mass is 340 g/mol. The zero-order valence-electron chi connectivity index (χ0n) is 13.3. The molecule has 1 unspecified atom stereocenters. The van der Waals surface area contributed by atoms with Crippen molar-refractivity contribution in [1.82, 2.24) is 0 Å². The summed E-state index contributed by atoms with van der Waals surface area (Å²) < 4.78 is 0. The first-order valence-electron chi connectivity index (χ1n) is 8.08. The van der Waals surface area contributed by atoms with E-state index < -0.39 is 0 Å². The van der Waals surface area contributed by atoms with E-state index in [-0.39, 0.29) is 11.8 Å². The van der Waals surface area contributed by atoms with Crippen LogP contribution in [-0.2, 0) is 16.0 Å². The van der Waals surface area contributed by atoms with E-state index >= 15 is 0 Å². The Morgan fingerprint density at radius 1 is 1.04 bits per heavy atom. The molecule has 1 aliphatic rings. The molecule has 0 saturated heterocycles. The number of benzene rings is 1. The van der Waals surface area contributed by atoms with E-state index in [1.54, 1.807) is 17.4 Å². The molecule has 0 bridgehead atoms. The van der Waals surface area contributed by atoms with Gasteiger partial charge >= 0.3 is 0 Å². The molecule has 2 N–H and O–H groups in total. The lowest BCUT2D eigenvalue weighted by Crippen LogP contribution is -2.18. The van der Waals surface area contributed by atoms with Crippen molar-refractivity contribution in [2.45, 2.75) is 25.7 Å². The molecule has 0 aliphatic heterocycles. The highest BCUT2D eigenvalue weighted by Crippen LogP contribution is 2.24. The molecule has 1 heterocycles. The lowest BCUT2D eigenvalue weighted by molar-refractivity contribution is -0.117. The molecule has 1 aromatic heterocycles. The van der Waals surface area contributed by atoms with Gasteiger partial charge in [0, 0.05) is 11.3 Å².